The van der Waals surface area contributed by atoms with E-state index < -0.39 is 28.3 Å². The molecule has 0 atom stereocenters. The maximum atomic E-state index is 13.5. The molecule has 0 bridgehead atoms. The number of aryl methyl sites for hydroxylation is 1. The minimum Gasteiger partial charge on any atom is -0.350 e. The van der Waals surface area contributed by atoms with Crippen LogP contribution in [0.2, 0.25) is 0 Å². The molecule has 0 unspecified atom stereocenters. The fourth-order valence-electron chi connectivity index (χ4n) is 3.34. The van der Waals surface area contributed by atoms with E-state index in [0.717, 1.165) is 33.3 Å². The number of rotatable bonds is 8. The lowest BCUT2D eigenvalue weighted by Crippen LogP contribution is -2.40. The van der Waals surface area contributed by atoms with Gasteiger partial charge in [0.25, 0.3) is 10.0 Å². The van der Waals surface area contributed by atoms with Crippen LogP contribution in [-0.2, 0) is 21.4 Å². The van der Waals surface area contributed by atoms with Crippen LogP contribution in [0.1, 0.15) is 11.1 Å². The van der Waals surface area contributed by atoms with Gasteiger partial charge in [0.1, 0.15) is 12.4 Å². The van der Waals surface area contributed by atoms with Gasteiger partial charge in [0.15, 0.2) is 0 Å². The Bertz CT molecular complexity index is 1350. The third kappa shape index (κ3) is 5.32. The van der Waals surface area contributed by atoms with Crippen molar-refractivity contribution in [3.05, 3.63) is 108 Å². The highest BCUT2D eigenvalue weighted by atomic mass is 32.2. The van der Waals surface area contributed by atoms with Crippen molar-refractivity contribution in [2.75, 3.05) is 10.8 Å². The molecule has 0 radical (unpaired) electrons. The van der Waals surface area contributed by atoms with Crippen LogP contribution in [0.5, 0.6) is 0 Å². The zero-order valence-electron chi connectivity index (χ0n) is 18.4. The molecule has 0 aliphatic carbocycles. The van der Waals surface area contributed by atoms with Crippen molar-refractivity contribution < 1.29 is 17.6 Å². The number of amides is 1. The second-order valence-electron chi connectivity index (χ2n) is 7.71. The smallest absolute Gasteiger partial charge is 0.264 e. The van der Waals surface area contributed by atoms with Crippen LogP contribution in [-0.4, -0.2) is 30.4 Å². The second kappa shape index (κ2) is 9.88. The molecule has 0 aliphatic heterocycles. The number of carbonyl (C=O) groups is 1. The van der Waals surface area contributed by atoms with Crippen molar-refractivity contribution in [2.24, 2.45) is 0 Å². The van der Waals surface area contributed by atoms with Gasteiger partial charge < -0.3 is 9.88 Å². The Morgan fingerprint density at radius 2 is 1.68 bits per heavy atom. The van der Waals surface area contributed by atoms with Gasteiger partial charge in [-0.15, -0.1) is 0 Å². The second-order valence-corrected chi connectivity index (χ2v) is 9.58. The first-order valence-corrected chi connectivity index (χ1v) is 12.0. The monoisotopic (exact) mass is 478 g/mol. The zero-order chi connectivity index (χ0) is 24.1. The molecule has 0 aliphatic rings. The van der Waals surface area contributed by atoms with Crippen LogP contribution in [0, 0.1) is 12.7 Å². The number of imidazole rings is 1. The van der Waals surface area contributed by atoms with Crippen molar-refractivity contribution >= 4 is 21.6 Å². The summed E-state index contributed by atoms with van der Waals surface area (Å²) in [5, 5.41) is 2.76. The quantitative estimate of drug-likeness (QED) is 0.417. The molecule has 4 aromatic rings. The van der Waals surface area contributed by atoms with Gasteiger partial charge in [-0.2, -0.15) is 0 Å². The van der Waals surface area contributed by atoms with Crippen LogP contribution in [0.4, 0.5) is 10.1 Å². The van der Waals surface area contributed by atoms with E-state index in [1.807, 2.05) is 42.0 Å². The third-order valence-corrected chi connectivity index (χ3v) is 7.03. The predicted molar refractivity (Wildman–Crippen MR) is 128 cm³/mol. The summed E-state index contributed by atoms with van der Waals surface area (Å²) in [7, 11) is -4.05. The Morgan fingerprint density at radius 3 is 2.29 bits per heavy atom. The van der Waals surface area contributed by atoms with E-state index in [0.29, 0.717) is 0 Å². The van der Waals surface area contributed by atoms with Crippen molar-refractivity contribution in [3.63, 3.8) is 0 Å². The summed E-state index contributed by atoms with van der Waals surface area (Å²) in [5.74, 6) is -0.987. The highest BCUT2D eigenvalue weighted by Gasteiger charge is 2.27. The molecule has 0 saturated heterocycles. The van der Waals surface area contributed by atoms with E-state index in [2.05, 4.69) is 10.3 Å². The number of anilines is 1. The van der Waals surface area contributed by atoms with E-state index >= 15 is 0 Å². The van der Waals surface area contributed by atoms with Gasteiger partial charge in [0.05, 0.1) is 16.9 Å². The molecule has 9 heteroatoms. The largest absolute Gasteiger partial charge is 0.350 e. The van der Waals surface area contributed by atoms with Gasteiger partial charge in [-0.25, -0.2) is 17.8 Å². The summed E-state index contributed by atoms with van der Waals surface area (Å²) < 4.78 is 43.0. The first-order chi connectivity index (χ1) is 16.3. The maximum Gasteiger partial charge on any atom is 0.264 e. The Hall–Kier alpha value is -3.98. The number of hydrogen-bond acceptors (Lipinski definition) is 4. The highest BCUT2D eigenvalue weighted by Crippen LogP contribution is 2.24. The fraction of sp³-hybridized carbons (Fsp3) is 0.120. The standard InChI is InChI=1S/C25H23FN4O3S/c1-19-2-12-24(13-3-19)34(32,33)30(23-10-6-21(26)7-11-23)17-25(31)28-16-20-4-8-22(9-5-20)29-15-14-27-18-29/h2-15,18H,16-17H2,1H3,(H,28,31). The molecule has 174 valence electrons. The third-order valence-electron chi connectivity index (χ3n) is 5.24. The van der Waals surface area contributed by atoms with E-state index in [9.17, 15) is 17.6 Å². The molecule has 34 heavy (non-hydrogen) atoms. The molecular formula is C25H23FN4O3S. The minimum absolute atomic E-state index is 0.0466. The average Bonchev–Trinajstić information content (AvgIpc) is 3.37. The molecule has 1 amide bonds. The van der Waals surface area contributed by atoms with E-state index in [1.165, 1.54) is 24.3 Å². The van der Waals surface area contributed by atoms with Gasteiger partial charge in [0, 0.05) is 24.6 Å². The maximum absolute atomic E-state index is 13.5. The zero-order valence-corrected chi connectivity index (χ0v) is 19.2. The Kier molecular flexibility index (Phi) is 6.74. The molecule has 4 rings (SSSR count). The number of nitrogens with one attached hydrogen (secondary N) is 1. The van der Waals surface area contributed by atoms with Crippen LogP contribution in [0.15, 0.2) is 96.4 Å². The predicted octanol–water partition coefficient (Wildman–Crippen LogP) is 3.83. The summed E-state index contributed by atoms with van der Waals surface area (Å²) >= 11 is 0. The van der Waals surface area contributed by atoms with E-state index in [-0.39, 0.29) is 17.1 Å². The fourth-order valence-corrected chi connectivity index (χ4v) is 4.77. The first-order valence-electron chi connectivity index (χ1n) is 10.5. The van der Waals surface area contributed by atoms with Crippen LogP contribution >= 0.6 is 0 Å². The summed E-state index contributed by atoms with van der Waals surface area (Å²) in [6, 6.07) is 18.9. The lowest BCUT2D eigenvalue weighted by Gasteiger charge is -2.24. The summed E-state index contributed by atoms with van der Waals surface area (Å²) in [6.45, 7) is 1.63. The molecule has 0 spiro atoms. The van der Waals surface area contributed by atoms with Crippen molar-refractivity contribution in [3.8, 4) is 5.69 Å². The summed E-state index contributed by atoms with van der Waals surface area (Å²) in [6.07, 6.45) is 5.20. The van der Waals surface area contributed by atoms with Gasteiger partial charge in [-0.1, -0.05) is 29.8 Å². The molecular weight excluding hydrogens is 455 g/mol. The van der Waals surface area contributed by atoms with Gasteiger partial charge >= 0.3 is 0 Å². The number of sulfonamides is 1. The van der Waals surface area contributed by atoms with Crippen LogP contribution in [0.25, 0.3) is 5.69 Å². The Morgan fingerprint density at radius 1 is 1.00 bits per heavy atom. The molecule has 0 fully saturated rings. The minimum atomic E-state index is -4.05. The SMILES string of the molecule is Cc1ccc(S(=O)(=O)N(CC(=O)NCc2ccc(-n3ccnc3)cc2)c2ccc(F)cc2)cc1. The average molecular weight is 479 g/mol. The number of benzene rings is 3. The van der Waals surface area contributed by atoms with Gasteiger partial charge in [0.2, 0.25) is 5.91 Å². The molecule has 1 heterocycles. The number of halogens is 1. The van der Waals surface area contributed by atoms with E-state index in [4.69, 9.17) is 0 Å². The number of nitrogens with zero attached hydrogens (tertiary/aromatic N) is 3. The van der Waals surface area contributed by atoms with E-state index in [1.54, 1.807) is 24.7 Å². The number of carbonyl (C=O) groups excluding carboxylic acids is 1. The van der Waals surface area contributed by atoms with Crippen molar-refractivity contribution in [2.45, 2.75) is 18.4 Å². The van der Waals surface area contributed by atoms with Gasteiger partial charge in [-0.3, -0.25) is 9.10 Å². The van der Waals surface area contributed by atoms with Gasteiger partial charge in [-0.05, 0) is 61.0 Å². The molecule has 0 saturated carbocycles. The lowest BCUT2D eigenvalue weighted by atomic mass is 10.2. The lowest BCUT2D eigenvalue weighted by molar-refractivity contribution is -0.119. The van der Waals surface area contributed by atoms with Crippen LogP contribution < -0.4 is 9.62 Å². The van der Waals surface area contributed by atoms with Crippen molar-refractivity contribution in [1.29, 1.82) is 0 Å². The Labute approximate surface area is 197 Å². The van der Waals surface area contributed by atoms with Crippen molar-refractivity contribution in [1.82, 2.24) is 14.9 Å². The molecule has 3 aromatic carbocycles. The topological polar surface area (TPSA) is 84.3 Å². The number of aromatic nitrogens is 2. The summed E-state index contributed by atoms with van der Waals surface area (Å²) in [5.41, 5.74) is 2.89. The molecule has 1 aromatic heterocycles. The summed E-state index contributed by atoms with van der Waals surface area (Å²) in [4.78, 5) is 16.8. The highest BCUT2D eigenvalue weighted by molar-refractivity contribution is 7.92. The first kappa shape index (κ1) is 23.2. The number of hydrogen-bond donors (Lipinski definition) is 1. The molecule has 1 N–H and O–H groups in total. The Balaban J connectivity index is 1.50. The van der Waals surface area contributed by atoms with Crippen LogP contribution in [0.3, 0.4) is 0 Å². The molecule has 7 nitrogen and oxygen atoms in total. The normalized spacial score (nSPS) is 11.2.